The molecule has 0 aliphatic rings. The molecule has 21 heavy (non-hydrogen) atoms. The minimum Gasteiger partial charge on any atom is -0.504 e. The Morgan fingerprint density at radius 3 is 2.24 bits per heavy atom. The smallest absolute Gasteiger partial charge is 0.160 e. The van der Waals surface area contributed by atoms with Gasteiger partial charge in [-0.2, -0.15) is 0 Å². The van der Waals surface area contributed by atoms with Crippen LogP contribution in [-0.2, 0) is 0 Å². The fourth-order valence-corrected chi connectivity index (χ4v) is 2.54. The van der Waals surface area contributed by atoms with Gasteiger partial charge < -0.3 is 14.9 Å². The lowest BCUT2D eigenvalue weighted by Gasteiger charge is -2.13. The summed E-state index contributed by atoms with van der Waals surface area (Å²) >= 11 is 0. The number of aliphatic hydroxyl groups is 1. The Labute approximate surface area is 129 Å². The predicted octanol–water partition coefficient (Wildman–Crippen LogP) is 4.97. The van der Waals surface area contributed by atoms with E-state index in [1.54, 1.807) is 18.2 Å². The number of unbranched alkanes of at least 4 members (excludes halogenated alkanes) is 7. The molecule has 0 spiro atoms. The number of phenols is 1. The lowest BCUT2D eigenvalue weighted by molar-refractivity contribution is 0.163. The van der Waals surface area contributed by atoms with Crippen LogP contribution in [0.5, 0.6) is 11.5 Å². The average molecular weight is 294 g/mol. The Morgan fingerprint density at radius 2 is 1.62 bits per heavy atom. The summed E-state index contributed by atoms with van der Waals surface area (Å²) in [6, 6.07) is 5.04. The Morgan fingerprint density at radius 1 is 1.00 bits per heavy atom. The average Bonchev–Trinajstić information content (AvgIpc) is 2.50. The summed E-state index contributed by atoms with van der Waals surface area (Å²) in [6.45, 7) is 2.24. The molecule has 0 aliphatic carbocycles. The molecule has 3 nitrogen and oxygen atoms in total. The molecule has 1 aromatic rings. The van der Waals surface area contributed by atoms with Crippen molar-refractivity contribution in [2.24, 2.45) is 0 Å². The van der Waals surface area contributed by atoms with Crippen LogP contribution in [0.4, 0.5) is 0 Å². The van der Waals surface area contributed by atoms with Gasteiger partial charge in [0.05, 0.1) is 13.2 Å². The molecule has 0 fully saturated rings. The highest BCUT2D eigenvalue weighted by molar-refractivity contribution is 5.42. The third-order valence-corrected chi connectivity index (χ3v) is 3.92. The van der Waals surface area contributed by atoms with Crippen LogP contribution in [0.15, 0.2) is 18.2 Å². The van der Waals surface area contributed by atoms with Crippen molar-refractivity contribution in [2.45, 2.75) is 70.8 Å². The largest absolute Gasteiger partial charge is 0.504 e. The first-order valence-corrected chi connectivity index (χ1v) is 8.24. The highest BCUT2D eigenvalue weighted by Crippen LogP contribution is 2.30. The topological polar surface area (TPSA) is 49.7 Å². The molecule has 3 heteroatoms. The minimum absolute atomic E-state index is 0.112. The lowest BCUT2D eigenvalue weighted by atomic mass is 10.0. The van der Waals surface area contributed by atoms with E-state index in [9.17, 15) is 10.2 Å². The number of aliphatic hydroxyl groups excluding tert-OH is 1. The van der Waals surface area contributed by atoms with Gasteiger partial charge in [-0.15, -0.1) is 0 Å². The number of aromatic hydroxyl groups is 1. The van der Waals surface area contributed by atoms with Crippen LogP contribution in [0.1, 0.15) is 76.4 Å². The molecule has 0 saturated heterocycles. The third-order valence-electron chi connectivity index (χ3n) is 3.92. The standard InChI is InChI=1S/C18H30O3/c1-3-4-5-6-7-8-9-10-11-16(19)15-12-13-17(20)18(14-15)21-2/h12-14,16,19-20H,3-11H2,1-2H3. The van der Waals surface area contributed by atoms with Crippen LogP contribution in [0.3, 0.4) is 0 Å². The van der Waals surface area contributed by atoms with Crippen molar-refractivity contribution in [3.8, 4) is 11.5 Å². The summed E-state index contributed by atoms with van der Waals surface area (Å²) < 4.78 is 5.06. The summed E-state index contributed by atoms with van der Waals surface area (Å²) in [5.41, 5.74) is 0.813. The number of hydrogen-bond acceptors (Lipinski definition) is 3. The van der Waals surface area contributed by atoms with Gasteiger partial charge in [0.2, 0.25) is 0 Å². The van der Waals surface area contributed by atoms with Crippen LogP contribution < -0.4 is 4.74 Å². The number of hydrogen-bond donors (Lipinski definition) is 2. The Bertz CT molecular complexity index is 390. The quantitative estimate of drug-likeness (QED) is 0.567. The van der Waals surface area contributed by atoms with E-state index in [2.05, 4.69) is 6.92 Å². The van der Waals surface area contributed by atoms with Gasteiger partial charge in [0.1, 0.15) is 0 Å². The Hall–Kier alpha value is -1.22. The number of ether oxygens (including phenoxy) is 1. The summed E-state index contributed by atoms with van der Waals surface area (Å²) in [7, 11) is 1.52. The van der Waals surface area contributed by atoms with Crippen molar-refractivity contribution >= 4 is 0 Å². The van der Waals surface area contributed by atoms with E-state index in [0.717, 1.165) is 18.4 Å². The number of benzene rings is 1. The molecule has 0 amide bonds. The maximum absolute atomic E-state index is 10.2. The molecule has 0 saturated carbocycles. The number of methoxy groups -OCH3 is 1. The summed E-state index contributed by atoms with van der Waals surface area (Å²) in [5.74, 6) is 0.531. The van der Waals surface area contributed by atoms with Gasteiger partial charge in [0.25, 0.3) is 0 Å². The SMILES string of the molecule is CCCCCCCCCCC(O)c1ccc(O)c(OC)c1. The van der Waals surface area contributed by atoms with Crippen molar-refractivity contribution < 1.29 is 14.9 Å². The second-order valence-corrected chi connectivity index (χ2v) is 5.71. The van der Waals surface area contributed by atoms with Gasteiger partial charge in [0.15, 0.2) is 11.5 Å². The molecule has 0 aliphatic heterocycles. The zero-order valence-corrected chi connectivity index (χ0v) is 13.5. The molecule has 1 aromatic carbocycles. The van der Waals surface area contributed by atoms with E-state index in [4.69, 9.17) is 4.74 Å². The molecule has 120 valence electrons. The molecule has 2 N–H and O–H groups in total. The zero-order valence-electron chi connectivity index (χ0n) is 13.5. The van der Waals surface area contributed by atoms with Crippen molar-refractivity contribution in [3.05, 3.63) is 23.8 Å². The van der Waals surface area contributed by atoms with Gasteiger partial charge in [0, 0.05) is 0 Å². The summed E-state index contributed by atoms with van der Waals surface area (Å²) in [6.07, 6.45) is 10.4. The van der Waals surface area contributed by atoms with Gasteiger partial charge in [-0.3, -0.25) is 0 Å². The Kier molecular flexibility index (Phi) is 8.91. The van der Waals surface area contributed by atoms with E-state index >= 15 is 0 Å². The van der Waals surface area contributed by atoms with Crippen molar-refractivity contribution in [2.75, 3.05) is 7.11 Å². The maximum atomic E-state index is 10.2. The van der Waals surface area contributed by atoms with E-state index in [0.29, 0.717) is 5.75 Å². The first-order chi connectivity index (χ1) is 10.2. The van der Waals surface area contributed by atoms with Gasteiger partial charge in [-0.25, -0.2) is 0 Å². The molecule has 0 aromatic heterocycles. The first kappa shape index (κ1) is 17.8. The van der Waals surface area contributed by atoms with Crippen molar-refractivity contribution in [1.29, 1.82) is 0 Å². The normalized spacial score (nSPS) is 12.3. The molecule has 0 radical (unpaired) electrons. The second-order valence-electron chi connectivity index (χ2n) is 5.71. The molecule has 0 bridgehead atoms. The van der Waals surface area contributed by atoms with Crippen molar-refractivity contribution in [1.82, 2.24) is 0 Å². The van der Waals surface area contributed by atoms with Gasteiger partial charge in [-0.1, -0.05) is 64.4 Å². The summed E-state index contributed by atoms with van der Waals surface area (Å²) in [4.78, 5) is 0. The number of phenolic OH excluding ortho intramolecular Hbond substituents is 1. The van der Waals surface area contributed by atoms with Gasteiger partial charge >= 0.3 is 0 Å². The monoisotopic (exact) mass is 294 g/mol. The van der Waals surface area contributed by atoms with E-state index in [1.165, 1.54) is 52.1 Å². The highest BCUT2D eigenvalue weighted by Gasteiger charge is 2.10. The third kappa shape index (κ3) is 6.85. The molecule has 1 unspecified atom stereocenters. The van der Waals surface area contributed by atoms with E-state index < -0.39 is 6.10 Å². The zero-order chi connectivity index (χ0) is 15.5. The fourth-order valence-electron chi connectivity index (χ4n) is 2.54. The molecular formula is C18H30O3. The van der Waals surface area contributed by atoms with Crippen LogP contribution >= 0.6 is 0 Å². The second kappa shape index (κ2) is 10.5. The fraction of sp³-hybridized carbons (Fsp3) is 0.667. The number of rotatable bonds is 11. The van der Waals surface area contributed by atoms with E-state index in [-0.39, 0.29) is 5.75 Å². The maximum Gasteiger partial charge on any atom is 0.160 e. The molecule has 1 rings (SSSR count). The molecule has 0 heterocycles. The highest BCUT2D eigenvalue weighted by atomic mass is 16.5. The molecular weight excluding hydrogens is 264 g/mol. The molecule has 1 atom stereocenters. The predicted molar refractivity (Wildman–Crippen MR) is 86.8 cm³/mol. The van der Waals surface area contributed by atoms with Crippen molar-refractivity contribution in [3.63, 3.8) is 0 Å². The minimum atomic E-state index is -0.473. The first-order valence-electron chi connectivity index (χ1n) is 8.24. The van der Waals surface area contributed by atoms with Gasteiger partial charge in [-0.05, 0) is 24.1 Å². The Balaban J connectivity index is 2.20. The van der Waals surface area contributed by atoms with Crippen LogP contribution in [0, 0.1) is 0 Å². The van der Waals surface area contributed by atoms with Crippen LogP contribution in [0.2, 0.25) is 0 Å². The summed E-state index contributed by atoms with van der Waals surface area (Å²) in [5, 5.41) is 19.7. The van der Waals surface area contributed by atoms with Crippen LogP contribution in [-0.4, -0.2) is 17.3 Å². The lowest BCUT2D eigenvalue weighted by Crippen LogP contribution is -1.98. The van der Waals surface area contributed by atoms with E-state index in [1.807, 2.05) is 0 Å². The van der Waals surface area contributed by atoms with Crippen LogP contribution in [0.25, 0.3) is 0 Å².